The van der Waals surface area contributed by atoms with E-state index in [-0.39, 0.29) is 16.7 Å². The summed E-state index contributed by atoms with van der Waals surface area (Å²) in [6.07, 6.45) is -3.38. The zero-order chi connectivity index (χ0) is 15.7. The van der Waals surface area contributed by atoms with Crippen LogP contribution in [-0.2, 0) is 6.18 Å². The lowest BCUT2D eigenvalue weighted by Gasteiger charge is -2.06. The fourth-order valence-electron chi connectivity index (χ4n) is 1.95. The van der Waals surface area contributed by atoms with E-state index in [1.54, 1.807) is 30.3 Å². The van der Waals surface area contributed by atoms with Crippen molar-refractivity contribution in [2.75, 3.05) is 0 Å². The lowest BCUT2D eigenvalue weighted by atomic mass is 10.1. The van der Waals surface area contributed by atoms with Crippen LogP contribution in [0, 0.1) is 0 Å². The summed E-state index contributed by atoms with van der Waals surface area (Å²) in [4.78, 5) is 7.64. The first-order chi connectivity index (χ1) is 10.4. The van der Waals surface area contributed by atoms with Crippen molar-refractivity contribution in [1.82, 2.24) is 19.7 Å². The third kappa shape index (κ3) is 2.80. The SMILES string of the molecule is FC(F)(F)c1cc(-c2ccccc2)n(-c2cc(Cl)ncn2)n1. The molecule has 0 fully saturated rings. The molecule has 0 atom stereocenters. The van der Waals surface area contributed by atoms with Crippen LogP contribution in [0.1, 0.15) is 5.69 Å². The summed E-state index contributed by atoms with van der Waals surface area (Å²) < 4.78 is 40.0. The Bertz CT molecular complexity index is 799. The summed E-state index contributed by atoms with van der Waals surface area (Å²) in [5.74, 6) is 0.161. The van der Waals surface area contributed by atoms with Crippen LogP contribution in [0.5, 0.6) is 0 Å². The average Bonchev–Trinajstić information content (AvgIpc) is 2.93. The van der Waals surface area contributed by atoms with Crippen molar-refractivity contribution in [2.45, 2.75) is 6.18 Å². The zero-order valence-electron chi connectivity index (χ0n) is 10.9. The third-order valence-electron chi connectivity index (χ3n) is 2.91. The molecule has 0 aliphatic carbocycles. The van der Waals surface area contributed by atoms with Gasteiger partial charge < -0.3 is 0 Å². The molecular weight excluding hydrogens is 317 g/mol. The van der Waals surface area contributed by atoms with E-state index in [0.717, 1.165) is 10.7 Å². The molecule has 0 spiro atoms. The van der Waals surface area contributed by atoms with Crippen LogP contribution in [0.2, 0.25) is 5.15 Å². The smallest absolute Gasteiger partial charge is 0.224 e. The van der Waals surface area contributed by atoms with E-state index in [1.165, 1.54) is 12.4 Å². The highest BCUT2D eigenvalue weighted by Crippen LogP contribution is 2.32. The second-order valence-corrected chi connectivity index (χ2v) is 4.78. The van der Waals surface area contributed by atoms with E-state index < -0.39 is 11.9 Å². The summed E-state index contributed by atoms with van der Waals surface area (Å²) >= 11 is 5.78. The molecule has 3 aromatic rings. The predicted molar refractivity (Wildman–Crippen MR) is 74.6 cm³/mol. The number of nitrogens with zero attached hydrogens (tertiary/aromatic N) is 4. The van der Waals surface area contributed by atoms with Gasteiger partial charge in [0.05, 0.1) is 5.69 Å². The minimum atomic E-state index is -4.55. The first-order valence-corrected chi connectivity index (χ1v) is 6.53. The molecular formula is C14H8ClF3N4. The van der Waals surface area contributed by atoms with Crippen molar-refractivity contribution in [3.8, 4) is 17.1 Å². The number of hydrogen-bond acceptors (Lipinski definition) is 3. The molecule has 22 heavy (non-hydrogen) atoms. The minimum Gasteiger partial charge on any atom is -0.224 e. The fourth-order valence-corrected chi connectivity index (χ4v) is 2.09. The quantitative estimate of drug-likeness (QED) is 0.669. The van der Waals surface area contributed by atoms with Crippen LogP contribution in [0.4, 0.5) is 13.2 Å². The summed E-state index contributed by atoms with van der Waals surface area (Å²) in [5.41, 5.74) is -0.149. The van der Waals surface area contributed by atoms with E-state index in [9.17, 15) is 13.2 Å². The van der Waals surface area contributed by atoms with Gasteiger partial charge in [-0.3, -0.25) is 0 Å². The van der Waals surface area contributed by atoms with Gasteiger partial charge in [0.2, 0.25) is 0 Å². The second-order valence-electron chi connectivity index (χ2n) is 4.39. The molecule has 4 nitrogen and oxygen atoms in total. The molecule has 0 bridgehead atoms. The van der Waals surface area contributed by atoms with Crippen LogP contribution in [0.25, 0.3) is 17.1 Å². The lowest BCUT2D eigenvalue weighted by molar-refractivity contribution is -0.141. The normalized spacial score (nSPS) is 11.6. The van der Waals surface area contributed by atoms with Crippen molar-refractivity contribution < 1.29 is 13.2 Å². The third-order valence-corrected chi connectivity index (χ3v) is 3.11. The van der Waals surface area contributed by atoms with Crippen LogP contribution in [-0.4, -0.2) is 19.7 Å². The Morgan fingerprint density at radius 2 is 1.73 bits per heavy atom. The van der Waals surface area contributed by atoms with Crippen molar-refractivity contribution >= 4 is 11.6 Å². The van der Waals surface area contributed by atoms with E-state index in [0.29, 0.717) is 5.56 Å². The molecule has 0 saturated carbocycles. The number of halogens is 4. The van der Waals surface area contributed by atoms with Crippen LogP contribution in [0.3, 0.4) is 0 Å². The summed E-state index contributed by atoms with van der Waals surface area (Å²) in [5, 5.41) is 3.73. The maximum absolute atomic E-state index is 13.0. The molecule has 2 heterocycles. The molecule has 0 unspecified atom stereocenters. The average molecular weight is 325 g/mol. The van der Waals surface area contributed by atoms with Gasteiger partial charge in [-0.15, -0.1) is 0 Å². The Kier molecular flexibility index (Phi) is 3.58. The molecule has 0 saturated heterocycles. The van der Waals surface area contributed by atoms with Gasteiger partial charge in [-0.25, -0.2) is 14.6 Å². The highest BCUT2D eigenvalue weighted by atomic mass is 35.5. The van der Waals surface area contributed by atoms with Crippen LogP contribution < -0.4 is 0 Å². The molecule has 3 rings (SSSR count). The number of alkyl halides is 3. The van der Waals surface area contributed by atoms with Crippen molar-refractivity contribution in [3.63, 3.8) is 0 Å². The van der Waals surface area contributed by atoms with E-state index in [1.807, 2.05) is 0 Å². The van der Waals surface area contributed by atoms with Gasteiger partial charge >= 0.3 is 6.18 Å². The number of hydrogen-bond donors (Lipinski definition) is 0. The predicted octanol–water partition coefficient (Wildman–Crippen LogP) is 4.00. The van der Waals surface area contributed by atoms with Crippen molar-refractivity contribution in [1.29, 1.82) is 0 Å². The molecule has 112 valence electrons. The zero-order valence-corrected chi connectivity index (χ0v) is 11.7. The summed E-state index contributed by atoms with van der Waals surface area (Å²) in [7, 11) is 0. The molecule has 8 heteroatoms. The Morgan fingerprint density at radius 3 is 2.36 bits per heavy atom. The van der Waals surface area contributed by atoms with Gasteiger partial charge in [0, 0.05) is 11.6 Å². The largest absolute Gasteiger partial charge is 0.435 e. The Balaban J connectivity index is 2.22. The summed E-state index contributed by atoms with van der Waals surface area (Å²) in [6, 6.07) is 10.9. The van der Waals surface area contributed by atoms with E-state index in [2.05, 4.69) is 15.1 Å². The lowest BCUT2D eigenvalue weighted by Crippen LogP contribution is -2.08. The van der Waals surface area contributed by atoms with Crippen molar-refractivity contribution in [2.24, 2.45) is 0 Å². The maximum atomic E-state index is 13.0. The molecule has 0 aliphatic heterocycles. The fraction of sp³-hybridized carbons (Fsp3) is 0.0714. The Hall–Kier alpha value is -2.41. The first-order valence-electron chi connectivity index (χ1n) is 6.16. The highest BCUT2D eigenvalue weighted by Gasteiger charge is 2.35. The van der Waals surface area contributed by atoms with Gasteiger partial charge in [0.25, 0.3) is 0 Å². The molecule has 0 aliphatic rings. The molecule has 0 radical (unpaired) electrons. The van der Waals surface area contributed by atoms with Crippen LogP contribution in [0.15, 0.2) is 48.8 Å². The number of aromatic nitrogens is 4. The molecule has 0 amide bonds. The maximum Gasteiger partial charge on any atom is 0.435 e. The first kappa shape index (κ1) is 14.5. The molecule has 2 aromatic heterocycles. The number of benzene rings is 1. The van der Waals surface area contributed by atoms with Gasteiger partial charge in [-0.05, 0) is 6.07 Å². The van der Waals surface area contributed by atoms with Gasteiger partial charge in [0.1, 0.15) is 11.5 Å². The highest BCUT2D eigenvalue weighted by molar-refractivity contribution is 6.29. The van der Waals surface area contributed by atoms with E-state index in [4.69, 9.17) is 11.6 Å². The van der Waals surface area contributed by atoms with Crippen molar-refractivity contribution in [3.05, 3.63) is 59.6 Å². The molecule has 0 N–H and O–H groups in total. The van der Waals surface area contributed by atoms with Gasteiger partial charge in [0.15, 0.2) is 11.5 Å². The Labute approximate surface area is 128 Å². The van der Waals surface area contributed by atoms with E-state index >= 15 is 0 Å². The van der Waals surface area contributed by atoms with Gasteiger partial charge in [-0.1, -0.05) is 41.9 Å². The topological polar surface area (TPSA) is 43.6 Å². The standard InChI is InChI=1S/C14H8ClF3N4/c15-12-7-13(20-8-19-12)22-10(9-4-2-1-3-5-9)6-11(21-22)14(16,17)18/h1-8H. The van der Waals surface area contributed by atoms with Gasteiger partial charge in [-0.2, -0.15) is 18.3 Å². The summed E-state index contributed by atoms with van der Waals surface area (Å²) in [6.45, 7) is 0. The Morgan fingerprint density at radius 1 is 1.00 bits per heavy atom. The molecule has 1 aromatic carbocycles. The minimum absolute atomic E-state index is 0.119. The monoisotopic (exact) mass is 324 g/mol. The second kappa shape index (κ2) is 5.42. The number of rotatable bonds is 2. The van der Waals surface area contributed by atoms with Crippen LogP contribution >= 0.6 is 11.6 Å².